The molecule has 0 spiro atoms. The van der Waals surface area contributed by atoms with Crippen LogP contribution in [0.1, 0.15) is 23.7 Å². The normalized spacial score (nSPS) is 22.1. The fourth-order valence-corrected chi connectivity index (χ4v) is 3.39. The van der Waals surface area contributed by atoms with Gasteiger partial charge in [-0.3, -0.25) is 0 Å². The molecule has 3 aromatic carbocycles. The van der Waals surface area contributed by atoms with E-state index in [1.165, 1.54) is 27.1 Å². The van der Waals surface area contributed by atoms with Crippen LogP contribution in [-0.2, 0) is 6.42 Å². The van der Waals surface area contributed by atoms with E-state index in [0.717, 1.165) is 12.0 Å². The molecule has 3 aromatic rings. The molecule has 0 radical (unpaired) electrons. The molecule has 0 aromatic heterocycles. The second-order valence-corrected chi connectivity index (χ2v) is 5.57. The first-order chi connectivity index (χ1) is 9.75. The van der Waals surface area contributed by atoms with Gasteiger partial charge in [0.15, 0.2) is 0 Å². The van der Waals surface area contributed by atoms with Crippen molar-refractivity contribution >= 4 is 21.5 Å². The van der Waals surface area contributed by atoms with Crippen LogP contribution in [0.3, 0.4) is 0 Å². The highest BCUT2D eigenvalue weighted by atomic mass is 16.3. The van der Waals surface area contributed by atoms with E-state index < -0.39 is 12.2 Å². The predicted molar refractivity (Wildman–Crippen MR) is 80.7 cm³/mol. The molecule has 1 aliphatic rings. The van der Waals surface area contributed by atoms with Gasteiger partial charge < -0.3 is 10.2 Å². The van der Waals surface area contributed by atoms with Crippen LogP contribution < -0.4 is 0 Å². The lowest BCUT2D eigenvalue weighted by atomic mass is 9.83. The van der Waals surface area contributed by atoms with Crippen molar-refractivity contribution in [2.45, 2.75) is 25.0 Å². The molecule has 20 heavy (non-hydrogen) atoms. The van der Waals surface area contributed by atoms with Crippen molar-refractivity contribution in [1.29, 1.82) is 0 Å². The van der Waals surface area contributed by atoms with Crippen molar-refractivity contribution in [3.8, 4) is 0 Å². The van der Waals surface area contributed by atoms with Crippen molar-refractivity contribution in [3.05, 3.63) is 59.7 Å². The number of aryl methyl sites for hydroxylation is 1. The van der Waals surface area contributed by atoms with E-state index in [1.54, 1.807) is 0 Å². The summed E-state index contributed by atoms with van der Waals surface area (Å²) in [6.07, 6.45) is 0.0344. The Morgan fingerprint density at radius 3 is 2.50 bits per heavy atom. The molecule has 2 atom stereocenters. The number of aliphatic hydroxyl groups excluding tert-OH is 2. The molecule has 0 amide bonds. The minimum Gasteiger partial charge on any atom is -0.390 e. The number of aliphatic hydroxyl groups is 2. The monoisotopic (exact) mass is 264 g/mol. The lowest BCUT2D eigenvalue weighted by molar-refractivity contribution is 0.00676. The molecule has 0 fully saturated rings. The maximum absolute atomic E-state index is 10.2. The van der Waals surface area contributed by atoms with Gasteiger partial charge in [-0.15, -0.1) is 0 Å². The number of hydrogen-bond donors (Lipinski definition) is 2. The summed E-state index contributed by atoms with van der Waals surface area (Å²) in [5, 5.41) is 24.9. The molecule has 2 nitrogen and oxygen atoms in total. The third kappa shape index (κ3) is 1.59. The Morgan fingerprint density at radius 2 is 1.60 bits per heavy atom. The van der Waals surface area contributed by atoms with Gasteiger partial charge >= 0.3 is 0 Å². The van der Waals surface area contributed by atoms with Gasteiger partial charge in [-0.2, -0.15) is 0 Å². The molecule has 4 rings (SSSR count). The second-order valence-electron chi connectivity index (χ2n) is 5.57. The molecule has 2 heteroatoms. The lowest BCUT2D eigenvalue weighted by Gasteiger charge is -2.28. The van der Waals surface area contributed by atoms with Gasteiger partial charge in [-0.25, -0.2) is 0 Å². The van der Waals surface area contributed by atoms with Crippen LogP contribution in [0.5, 0.6) is 0 Å². The van der Waals surface area contributed by atoms with E-state index in [9.17, 15) is 10.2 Å². The molecule has 1 aliphatic carbocycles. The first-order valence-electron chi connectivity index (χ1n) is 7.05. The quantitative estimate of drug-likeness (QED) is 0.611. The first-order valence-corrected chi connectivity index (χ1v) is 7.05. The minimum absolute atomic E-state index is 0.622. The Hall–Kier alpha value is -1.90. The Kier molecular flexibility index (Phi) is 2.56. The van der Waals surface area contributed by atoms with Crippen LogP contribution >= 0.6 is 0 Å². The van der Waals surface area contributed by atoms with Crippen LogP contribution in [0.15, 0.2) is 48.5 Å². The number of hydrogen-bond acceptors (Lipinski definition) is 2. The van der Waals surface area contributed by atoms with E-state index in [1.807, 2.05) is 18.2 Å². The zero-order valence-corrected chi connectivity index (χ0v) is 11.1. The molecule has 0 bridgehead atoms. The number of fused-ring (bicyclic) bond motifs is 5. The molecule has 2 N–H and O–H groups in total. The molecule has 100 valence electrons. The maximum atomic E-state index is 10.2. The van der Waals surface area contributed by atoms with Crippen molar-refractivity contribution < 1.29 is 10.2 Å². The Morgan fingerprint density at radius 1 is 0.850 bits per heavy atom. The van der Waals surface area contributed by atoms with E-state index in [0.29, 0.717) is 6.42 Å². The van der Waals surface area contributed by atoms with Crippen molar-refractivity contribution in [3.63, 3.8) is 0 Å². The van der Waals surface area contributed by atoms with Crippen molar-refractivity contribution in [1.82, 2.24) is 0 Å². The predicted octanol–water partition coefficient (Wildman–Crippen LogP) is 3.33. The van der Waals surface area contributed by atoms with E-state index >= 15 is 0 Å². The third-order valence-electron chi connectivity index (χ3n) is 4.43. The molecule has 0 aliphatic heterocycles. The topological polar surface area (TPSA) is 40.5 Å². The molecule has 0 heterocycles. The highest BCUT2D eigenvalue weighted by molar-refractivity contribution is 6.09. The average Bonchev–Trinajstić information content (AvgIpc) is 2.50. The zero-order chi connectivity index (χ0) is 13.7. The van der Waals surface area contributed by atoms with E-state index in [2.05, 4.69) is 30.3 Å². The fourth-order valence-electron chi connectivity index (χ4n) is 3.39. The van der Waals surface area contributed by atoms with Crippen molar-refractivity contribution in [2.24, 2.45) is 0 Å². The summed E-state index contributed by atoms with van der Waals surface area (Å²) in [7, 11) is 0. The highest BCUT2D eigenvalue weighted by Gasteiger charge is 2.27. The van der Waals surface area contributed by atoms with Crippen LogP contribution in [0.4, 0.5) is 0 Å². The maximum Gasteiger partial charge on any atom is 0.105 e. The fraction of sp³-hybridized carbons (Fsp3) is 0.222. The summed E-state index contributed by atoms with van der Waals surface area (Å²) in [5.74, 6) is 0. The Balaban J connectivity index is 2.14. The summed E-state index contributed by atoms with van der Waals surface area (Å²) in [4.78, 5) is 0. The highest BCUT2D eigenvalue weighted by Crippen LogP contribution is 2.37. The molecule has 0 saturated carbocycles. The standard InChI is InChI=1S/C18H16O2/c19-16-10-9-14-15(18(16)20)8-7-12-6-5-11-3-1-2-4-13(11)17(12)14/h1-8,16,18-20H,9-10H2/t16-,18-/m0/s1. The van der Waals surface area contributed by atoms with Gasteiger partial charge in [-0.1, -0.05) is 48.5 Å². The van der Waals surface area contributed by atoms with Crippen LogP contribution in [0.25, 0.3) is 21.5 Å². The second kappa shape index (κ2) is 4.30. The Labute approximate surface area is 117 Å². The lowest BCUT2D eigenvalue weighted by Crippen LogP contribution is -2.25. The van der Waals surface area contributed by atoms with Crippen molar-refractivity contribution in [2.75, 3.05) is 0 Å². The number of rotatable bonds is 0. The van der Waals surface area contributed by atoms with Crippen LogP contribution in [-0.4, -0.2) is 16.3 Å². The first kappa shape index (κ1) is 11.9. The summed E-state index contributed by atoms with van der Waals surface area (Å²) < 4.78 is 0. The zero-order valence-electron chi connectivity index (χ0n) is 11.1. The smallest absolute Gasteiger partial charge is 0.105 e. The average molecular weight is 264 g/mol. The molecule has 0 unspecified atom stereocenters. The van der Waals surface area contributed by atoms with Gasteiger partial charge in [0.25, 0.3) is 0 Å². The van der Waals surface area contributed by atoms with Gasteiger partial charge in [0.1, 0.15) is 6.10 Å². The summed E-state index contributed by atoms with van der Waals surface area (Å²) >= 11 is 0. The summed E-state index contributed by atoms with van der Waals surface area (Å²) in [5.41, 5.74) is 2.07. The van der Waals surface area contributed by atoms with E-state index in [-0.39, 0.29) is 0 Å². The summed E-state index contributed by atoms with van der Waals surface area (Å²) in [6.45, 7) is 0. The van der Waals surface area contributed by atoms with Gasteiger partial charge in [-0.05, 0) is 45.5 Å². The molecular weight excluding hydrogens is 248 g/mol. The molecule has 0 saturated heterocycles. The van der Waals surface area contributed by atoms with Gasteiger partial charge in [0.05, 0.1) is 6.10 Å². The Bertz CT molecular complexity index is 807. The number of benzene rings is 3. The van der Waals surface area contributed by atoms with Crippen LogP contribution in [0, 0.1) is 0 Å². The van der Waals surface area contributed by atoms with Gasteiger partial charge in [0.2, 0.25) is 0 Å². The van der Waals surface area contributed by atoms with Gasteiger partial charge in [0, 0.05) is 0 Å². The van der Waals surface area contributed by atoms with E-state index in [4.69, 9.17) is 0 Å². The molecular formula is C18H16O2. The third-order valence-corrected chi connectivity index (χ3v) is 4.43. The van der Waals surface area contributed by atoms with Crippen LogP contribution in [0.2, 0.25) is 0 Å². The minimum atomic E-state index is -0.762. The summed E-state index contributed by atoms with van der Waals surface area (Å²) in [6, 6.07) is 16.6. The largest absolute Gasteiger partial charge is 0.390 e. The SMILES string of the molecule is O[C@H]1CCc2c(ccc3ccc4ccccc4c23)[C@@H]1O.